The Hall–Kier alpha value is 1.19. The first kappa shape index (κ1) is 27.2. The Morgan fingerprint density at radius 3 is 1.62 bits per heavy atom. The summed E-state index contributed by atoms with van der Waals surface area (Å²) < 4.78 is 17.1. The molecule has 6 heteroatoms. The first-order valence-corrected chi connectivity index (χ1v) is 17.3. The second kappa shape index (κ2) is 16.0. The average Bonchev–Trinajstić information content (AvgIpc) is 2.56. The van der Waals surface area contributed by atoms with Crippen LogP contribution in [0.5, 0.6) is 0 Å². The summed E-state index contributed by atoms with van der Waals surface area (Å²) in [5, 5.41) is 0. The van der Waals surface area contributed by atoms with Crippen molar-refractivity contribution in [1.82, 2.24) is 4.49 Å². The molecule has 2 nitrogen and oxygen atoms in total. The summed E-state index contributed by atoms with van der Waals surface area (Å²) in [5.41, 5.74) is 1.11. The molecule has 26 heavy (non-hydrogen) atoms. The largest absolute Gasteiger partial charge is 0.238 e. The molecule has 0 aromatic rings. The Kier molecular flexibility index (Phi) is 16.8. The van der Waals surface area contributed by atoms with Crippen molar-refractivity contribution in [1.29, 1.82) is 0 Å². The molecule has 0 fully saturated rings. The second-order valence-corrected chi connectivity index (χ2v) is 18.5. The number of nitrogens with one attached hydrogen (secondary N) is 1. The van der Waals surface area contributed by atoms with Gasteiger partial charge >= 0.3 is 0 Å². The highest BCUT2D eigenvalue weighted by atomic mass is 32.7. The summed E-state index contributed by atoms with van der Waals surface area (Å²) in [5.74, 6) is 0. The lowest BCUT2D eigenvalue weighted by molar-refractivity contribution is 0.686. The average molecular weight is 442 g/mol. The van der Waals surface area contributed by atoms with E-state index in [2.05, 4.69) is 46.0 Å². The molecular weight excluding hydrogens is 396 g/mol. The van der Waals surface area contributed by atoms with Crippen molar-refractivity contribution in [2.75, 3.05) is 12.3 Å². The molecule has 0 saturated heterocycles. The van der Waals surface area contributed by atoms with E-state index in [1.54, 1.807) is 0 Å². The van der Waals surface area contributed by atoms with Gasteiger partial charge in [0.1, 0.15) is 10.6 Å². The predicted octanol–water partition coefficient (Wildman–Crippen LogP) is 7.79. The molecule has 0 aromatic carbocycles. The molecule has 1 N–H and O–H groups in total. The number of hydrogen-bond acceptors (Lipinski definition) is 2. The van der Waals surface area contributed by atoms with Gasteiger partial charge in [-0.1, -0.05) is 91.9 Å². The molecule has 0 aliphatic rings. The lowest BCUT2D eigenvalue weighted by Gasteiger charge is -2.32. The predicted molar refractivity (Wildman–Crippen MR) is 130 cm³/mol. The Morgan fingerprint density at radius 2 is 1.27 bits per heavy atom. The quantitative estimate of drug-likeness (QED) is 0.184. The van der Waals surface area contributed by atoms with Crippen molar-refractivity contribution < 1.29 is 4.21 Å². The van der Waals surface area contributed by atoms with Gasteiger partial charge in [-0.3, -0.25) is 0 Å². The molecule has 3 unspecified atom stereocenters. The van der Waals surface area contributed by atoms with E-state index in [-0.39, 0.29) is 0 Å². The maximum Gasteiger partial charge on any atom is 0.118 e. The van der Waals surface area contributed by atoms with Crippen LogP contribution in [-0.2, 0) is 22.4 Å². The van der Waals surface area contributed by atoms with E-state index in [1.807, 2.05) is 0 Å². The van der Waals surface area contributed by atoms with Crippen LogP contribution >= 0.6 is 13.3 Å². The van der Waals surface area contributed by atoms with Crippen molar-refractivity contribution in [3.05, 3.63) is 0 Å². The summed E-state index contributed by atoms with van der Waals surface area (Å²) >= 11 is 6.14. The molecule has 0 rings (SSSR count). The lowest BCUT2D eigenvalue weighted by atomic mass is 10.3. The second-order valence-electron chi connectivity index (χ2n) is 7.73. The van der Waals surface area contributed by atoms with Gasteiger partial charge in [0.2, 0.25) is 0 Å². The SMILES string of the molecule is CCCCCP(=S)(CCCCC)NS(=O)P(C(C)CCC)C(C)CCC. The van der Waals surface area contributed by atoms with Crippen LogP contribution in [0, 0.1) is 0 Å². The van der Waals surface area contributed by atoms with Crippen LogP contribution in [0.1, 0.15) is 106 Å². The maximum absolute atomic E-state index is 13.4. The van der Waals surface area contributed by atoms with E-state index in [0.29, 0.717) is 11.3 Å². The Morgan fingerprint density at radius 1 is 0.846 bits per heavy atom. The molecule has 0 heterocycles. The van der Waals surface area contributed by atoms with Crippen molar-refractivity contribution in [3.8, 4) is 0 Å². The molecule has 0 spiro atoms. The summed E-state index contributed by atoms with van der Waals surface area (Å²) in [7, 11) is -1.48. The third-order valence-corrected chi connectivity index (χ3v) is 17.4. The third kappa shape index (κ3) is 11.3. The number of rotatable bonds is 17. The Balaban J connectivity index is 5.18. The summed E-state index contributed by atoms with van der Waals surface area (Å²) in [6, 6.07) is 0. The molecule has 0 aromatic heterocycles. The van der Waals surface area contributed by atoms with Crippen LogP contribution in [0.3, 0.4) is 0 Å². The first-order valence-electron chi connectivity index (χ1n) is 10.9. The van der Waals surface area contributed by atoms with Crippen LogP contribution < -0.4 is 4.49 Å². The van der Waals surface area contributed by atoms with Crippen LogP contribution in [0.2, 0.25) is 0 Å². The molecule has 0 radical (unpaired) electrons. The zero-order chi connectivity index (χ0) is 20.0. The minimum Gasteiger partial charge on any atom is -0.238 e. The highest BCUT2D eigenvalue weighted by Gasteiger charge is 2.31. The van der Waals surface area contributed by atoms with Gasteiger partial charge in [0, 0.05) is 13.3 Å². The summed E-state index contributed by atoms with van der Waals surface area (Å²) in [6.45, 7) is 13.6. The van der Waals surface area contributed by atoms with Gasteiger partial charge in [0.05, 0.1) is 0 Å². The standard InChI is InChI=1S/C20H45NOP2S2/c1-7-11-13-17-24(25,18-14-12-8-2)21-26(22)23(19(5)15-9-3)20(6)16-10-4/h19-20H,7-18H2,1-6H3,(H,21,25). The van der Waals surface area contributed by atoms with E-state index in [1.165, 1.54) is 64.2 Å². The molecular formula is C20H45NOP2S2. The van der Waals surface area contributed by atoms with Crippen molar-refractivity contribution in [3.63, 3.8) is 0 Å². The lowest BCUT2D eigenvalue weighted by Crippen LogP contribution is -2.23. The van der Waals surface area contributed by atoms with E-state index in [9.17, 15) is 4.21 Å². The van der Waals surface area contributed by atoms with Crippen LogP contribution in [0.25, 0.3) is 0 Å². The molecule has 0 bridgehead atoms. The highest BCUT2D eigenvalue weighted by molar-refractivity contribution is 8.48. The van der Waals surface area contributed by atoms with E-state index < -0.39 is 23.9 Å². The third-order valence-electron chi connectivity index (χ3n) is 4.96. The number of unbranched alkanes of at least 4 members (excludes halogenated alkanes) is 4. The first-order chi connectivity index (χ1) is 12.3. The van der Waals surface area contributed by atoms with E-state index in [0.717, 1.165) is 12.3 Å². The van der Waals surface area contributed by atoms with Crippen LogP contribution in [0.4, 0.5) is 0 Å². The molecule has 158 valence electrons. The van der Waals surface area contributed by atoms with Gasteiger partial charge in [0.15, 0.2) is 0 Å². The van der Waals surface area contributed by atoms with Gasteiger partial charge < -0.3 is 0 Å². The monoisotopic (exact) mass is 441 g/mol. The van der Waals surface area contributed by atoms with E-state index in [4.69, 9.17) is 11.8 Å². The van der Waals surface area contributed by atoms with Crippen molar-refractivity contribution in [2.45, 2.75) is 117 Å². The molecule has 0 aliphatic carbocycles. The van der Waals surface area contributed by atoms with Crippen molar-refractivity contribution >= 4 is 35.7 Å². The minimum absolute atomic E-state index is 0.535. The molecule has 0 saturated carbocycles. The normalized spacial score (nSPS) is 17.0. The fourth-order valence-corrected chi connectivity index (χ4v) is 16.7. The zero-order valence-electron chi connectivity index (χ0n) is 18.3. The number of hydrogen-bond donors (Lipinski definition) is 1. The van der Waals surface area contributed by atoms with Gasteiger partial charge in [-0.15, -0.1) is 0 Å². The molecule has 0 amide bonds. The highest BCUT2D eigenvalue weighted by Crippen LogP contribution is 2.56. The van der Waals surface area contributed by atoms with Gasteiger partial charge in [-0.05, 0) is 49.3 Å². The fourth-order valence-electron chi connectivity index (χ4n) is 3.48. The topological polar surface area (TPSA) is 29.1 Å². The zero-order valence-corrected chi connectivity index (χ0v) is 21.7. The van der Waals surface area contributed by atoms with Crippen LogP contribution in [-0.4, -0.2) is 27.9 Å². The summed E-state index contributed by atoms with van der Waals surface area (Å²) in [4.78, 5) is 0. The Bertz CT molecular complexity index is 395. The molecule has 0 aliphatic heterocycles. The Labute approximate surface area is 173 Å². The van der Waals surface area contributed by atoms with Crippen LogP contribution in [0.15, 0.2) is 0 Å². The maximum atomic E-state index is 13.4. The molecule has 3 atom stereocenters. The van der Waals surface area contributed by atoms with Gasteiger partial charge in [0.25, 0.3) is 0 Å². The van der Waals surface area contributed by atoms with E-state index >= 15 is 0 Å². The minimum atomic E-state index is -1.71. The van der Waals surface area contributed by atoms with Gasteiger partial charge in [-0.25, -0.2) is 8.70 Å². The summed E-state index contributed by atoms with van der Waals surface area (Å²) in [6.07, 6.45) is 12.5. The smallest absolute Gasteiger partial charge is 0.118 e. The van der Waals surface area contributed by atoms with Gasteiger partial charge in [-0.2, -0.15) is 0 Å². The fraction of sp³-hybridized carbons (Fsp3) is 1.00. The van der Waals surface area contributed by atoms with Crippen molar-refractivity contribution in [2.24, 2.45) is 0 Å².